The molecule has 0 spiro atoms. The third-order valence-electron chi connectivity index (χ3n) is 2.54. The molecule has 0 aliphatic rings. The molecule has 0 saturated heterocycles. The molecule has 1 aromatic rings. The van der Waals surface area contributed by atoms with Crippen LogP contribution < -0.4 is 5.73 Å². The number of aldehydes is 1. The summed E-state index contributed by atoms with van der Waals surface area (Å²) in [5.41, 5.74) is 6.85. The van der Waals surface area contributed by atoms with Crippen LogP contribution in [0.5, 0.6) is 0 Å². The molecule has 0 radical (unpaired) electrons. The van der Waals surface area contributed by atoms with Gasteiger partial charge in [-0.05, 0) is 18.6 Å². The lowest BCUT2D eigenvalue weighted by atomic mass is 10.2. The molecule has 4 nitrogen and oxygen atoms in total. The van der Waals surface area contributed by atoms with Gasteiger partial charge in [0.25, 0.3) is 0 Å². The van der Waals surface area contributed by atoms with Gasteiger partial charge in [-0.15, -0.1) is 0 Å². The maximum atomic E-state index is 11.2. The molecule has 0 aromatic heterocycles. The first-order valence-electron chi connectivity index (χ1n) is 6.19. The van der Waals surface area contributed by atoms with E-state index < -0.39 is 5.97 Å². The van der Waals surface area contributed by atoms with Gasteiger partial charge in [-0.3, -0.25) is 0 Å². The summed E-state index contributed by atoms with van der Waals surface area (Å²) in [4.78, 5) is 22.9. The minimum atomic E-state index is -0.973. The fourth-order valence-corrected chi connectivity index (χ4v) is 2.55. The molecule has 3 N–H and O–H groups in total. The van der Waals surface area contributed by atoms with Crippen LogP contribution in [0, 0.1) is 0 Å². The zero-order chi connectivity index (χ0) is 15.0. The fraction of sp³-hybridized carbons (Fsp3) is 0.200. The van der Waals surface area contributed by atoms with E-state index in [2.05, 4.69) is 0 Å². The van der Waals surface area contributed by atoms with Gasteiger partial charge in [0.15, 0.2) is 0 Å². The number of carbonyl (C=O) groups is 2. The van der Waals surface area contributed by atoms with E-state index >= 15 is 0 Å². The smallest absolute Gasteiger partial charge is 0.336 e. The molecule has 1 aromatic carbocycles. The standard InChI is InChI=1S/C15H17NO3S/c1-2-12(16)14(9-5-6-10-17)20-13-8-4-3-7-11(13)15(18)19/h3-5,7-10H,2,6,16H2,1H3,(H,18,19)/b9-5-,14-12-. The number of nitrogens with two attached hydrogens (primary N) is 1. The highest BCUT2D eigenvalue weighted by Crippen LogP contribution is 2.32. The number of allylic oxidation sites excluding steroid dienone is 3. The van der Waals surface area contributed by atoms with Crippen LogP contribution in [0.3, 0.4) is 0 Å². The Morgan fingerprint density at radius 2 is 2.10 bits per heavy atom. The average molecular weight is 291 g/mol. The van der Waals surface area contributed by atoms with Crippen LogP contribution >= 0.6 is 11.8 Å². The highest BCUT2D eigenvalue weighted by molar-refractivity contribution is 8.03. The quantitative estimate of drug-likeness (QED) is 0.458. The lowest BCUT2D eigenvalue weighted by Gasteiger charge is -2.09. The Morgan fingerprint density at radius 1 is 1.40 bits per heavy atom. The van der Waals surface area contributed by atoms with Gasteiger partial charge < -0.3 is 15.6 Å². The van der Waals surface area contributed by atoms with Crippen LogP contribution in [0.25, 0.3) is 0 Å². The predicted molar refractivity (Wildman–Crippen MR) is 80.6 cm³/mol. The number of carboxylic acids is 1. The summed E-state index contributed by atoms with van der Waals surface area (Å²) >= 11 is 1.30. The van der Waals surface area contributed by atoms with Crippen molar-refractivity contribution in [3.8, 4) is 0 Å². The van der Waals surface area contributed by atoms with Gasteiger partial charge in [-0.1, -0.05) is 43.0 Å². The molecule has 0 aliphatic heterocycles. The SMILES string of the molecule is CC/C(N)=C(\C=C/CC=O)Sc1ccccc1C(=O)O. The second-order valence-corrected chi connectivity index (χ2v) is 5.03. The molecule has 0 bridgehead atoms. The van der Waals surface area contributed by atoms with Crippen LogP contribution in [0.1, 0.15) is 30.1 Å². The molecule has 0 heterocycles. The molecule has 1 rings (SSSR count). The van der Waals surface area contributed by atoms with Crippen molar-refractivity contribution in [1.82, 2.24) is 0 Å². The van der Waals surface area contributed by atoms with Crippen LogP contribution in [0.4, 0.5) is 0 Å². The van der Waals surface area contributed by atoms with E-state index in [0.717, 1.165) is 11.2 Å². The van der Waals surface area contributed by atoms with Crippen LogP contribution in [-0.4, -0.2) is 17.4 Å². The Kier molecular flexibility index (Phi) is 6.59. The maximum Gasteiger partial charge on any atom is 0.336 e. The number of carbonyl (C=O) groups excluding carboxylic acids is 1. The minimum Gasteiger partial charge on any atom is -0.478 e. The average Bonchev–Trinajstić information content (AvgIpc) is 2.46. The Bertz CT molecular complexity index is 550. The van der Waals surface area contributed by atoms with Gasteiger partial charge in [0.1, 0.15) is 6.29 Å². The lowest BCUT2D eigenvalue weighted by molar-refractivity contribution is -0.107. The zero-order valence-corrected chi connectivity index (χ0v) is 12.0. The number of thioether (sulfide) groups is 1. The summed E-state index contributed by atoms with van der Waals surface area (Å²) in [6.45, 7) is 1.92. The maximum absolute atomic E-state index is 11.2. The summed E-state index contributed by atoms with van der Waals surface area (Å²) in [6.07, 6.45) is 5.23. The topological polar surface area (TPSA) is 80.4 Å². The summed E-state index contributed by atoms with van der Waals surface area (Å²) in [5, 5.41) is 9.16. The van der Waals surface area contributed by atoms with E-state index in [1.165, 1.54) is 11.8 Å². The second-order valence-electron chi connectivity index (χ2n) is 3.95. The van der Waals surface area contributed by atoms with E-state index in [1.54, 1.807) is 36.4 Å². The molecule has 0 amide bonds. The Balaban J connectivity index is 3.08. The van der Waals surface area contributed by atoms with Crippen molar-refractivity contribution in [2.75, 3.05) is 0 Å². The summed E-state index contributed by atoms with van der Waals surface area (Å²) in [7, 11) is 0. The van der Waals surface area contributed by atoms with Crippen molar-refractivity contribution in [2.24, 2.45) is 5.73 Å². The number of aromatic carboxylic acids is 1. The monoisotopic (exact) mass is 291 g/mol. The first kappa shape index (κ1) is 16.0. The van der Waals surface area contributed by atoms with Crippen molar-refractivity contribution in [2.45, 2.75) is 24.7 Å². The number of rotatable bonds is 7. The molecule has 5 heteroatoms. The van der Waals surface area contributed by atoms with Gasteiger partial charge in [-0.25, -0.2) is 4.79 Å². The van der Waals surface area contributed by atoms with E-state index in [-0.39, 0.29) is 5.56 Å². The first-order chi connectivity index (χ1) is 9.60. The van der Waals surface area contributed by atoms with Crippen LogP contribution in [-0.2, 0) is 4.79 Å². The molecular formula is C15H17NO3S. The van der Waals surface area contributed by atoms with Crippen molar-refractivity contribution in [3.63, 3.8) is 0 Å². The highest BCUT2D eigenvalue weighted by Gasteiger charge is 2.11. The van der Waals surface area contributed by atoms with E-state index in [0.29, 0.717) is 23.4 Å². The Hall–Kier alpha value is -2.01. The van der Waals surface area contributed by atoms with Gasteiger partial charge >= 0.3 is 5.97 Å². The van der Waals surface area contributed by atoms with Crippen LogP contribution in [0.2, 0.25) is 0 Å². The number of hydrogen-bond acceptors (Lipinski definition) is 4. The van der Waals surface area contributed by atoms with Gasteiger partial charge in [0, 0.05) is 21.9 Å². The Labute approximate surface area is 122 Å². The predicted octanol–water partition coefficient (Wildman–Crippen LogP) is 3.20. The molecule has 106 valence electrons. The van der Waals surface area contributed by atoms with Gasteiger partial charge in [0.05, 0.1) is 5.56 Å². The number of carboxylic acid groups (broad SMARTS) is 1. The third-order valence-corrected chi connectivity index (χ3v) is 3.73. The molecule has 20 heavy (non-hydrogen) atoms. The van der Waals surface area contributed by atoms with E-state index in [1.807, 2.05) is 6.92 Å². The summed E-state index contributed by atoms with van der Waals surface area (Å²) in [6, 6.07) is 6.76. The van der Waals surface area contributed by atoms with Gasteiger partial charge in [0.2, 0.25) is 0 Å². The van der Waals surface area contributed by atoms with E-state index in [4.69, 9.17) is 10.8 Å². The third kappa shape index (κ3) is 4.59. The van der Waals surface area contributed by atoms with E-state index in [9.17, 15) is 9.59 Å². The van der Waals surface area contributed by atoms with Crippen molar-refractivity contribution < 1.29 is 14.7 Å². The normalized spacial score (nSPS) is 12.2. The largest absolute Gasteiger partial charge is 0.478 e. The summed E-state index contributed by atoms with van der Waals surface area (Å²) in [5.74, 6) is -0.973. The Morgan fingerprint density at radius 3 is 2.70 bits per heavy atom. The number of benzene rings is 1. The lowest BCUT2D eigenvalue weighted by Crippen LogP contribution is -2.01. The van der Waals surface area contributed by atoms with Crippen LogP contribution in [0.15, 0.2) is 51.9 Å². The highest BCUT2D eigenvalue weighted by atomic mass is 32.2. The first-order valence-corrected chi connectivity index (χ1v) is 7.00. The molecule has 0 saturated carbocycles. The minimum absolute atomic E-state index is 0.239. The summed E-state index contributed by atoms with van der Waals surface area (Å²) < 4.78 is 0. The van der Waals surface area contributed by atoms with Crippen molar-refractivity contribution in [3.05, 3.63) is 52.6 Å². The molecule has 0 fully saturated rings. The van der Waals surface area contributed by atoms with Gasteiger partial charge in [-0.2, -0.15) is 0 Å². The number of hydrogen-bond donors (Lipinski definition) is 2. The molecule has 0 atom stereocenters. The second kappa shape index (κ2) is 8.22. The molecule has 0 aliphatic carbocycles. The zero-order valence-electron chi connectivity index (χ0n) is 11.2. The molecule has 0 unspecified atom stereocenters. The molecular weight excluding hydrogens is 274 g/mol. The fourth-order valence-electron chi connectivity index (χ4n) is 1.46. The van der Waals surface area contributed by atoms with Crippen molar-refractivity contribution in [1.29, 1.82) is 0 Å². The van der Waals surface area contributed by atoms with Crippen molar-refractivity contribution >= 4 is 24.0 Å².